The zero-order valence-corrected chi connectivity index (χ0v) is 19.8. The molecule has 8 N–H and O–H groups in total. The van der Waals surface area contributed by atoms with E-state index in [1.807, 2.05) is 0 Å². The van der Waals surface area contributed by atoms with Crippen LogP contribution in [0.1, 0.15) is 54.2 Å². The molecular formula is C20H38MnN4O8+2. The Morgan fingerprint density at radius 2 is 0.697 bits per heavy atom. The molecule has 1 radical (unpaired) electrons. The van der Waals surface area contributed by atoms with Crippen molar-refractivity contribution in [2.75, 3.05) is 26.2 Å². The second kappa shape index (κ2) is 17.7. The van der Waals surface area contributed by atoms with Crippen LogP contribution in [0.4, 0.5) is 0 Å². The molecule has 2 fully saturated rings. The van der Waals surface area contributed by atoms with Gasteiger partial charge in [0.2, 0.25) is 0 Å². The quantitative estimate of drug-likeness (QED) is 0.155. The number of carboxylic acid groups (broad SMARTS) is 4. The topological polar surface area (TPSA) is 197 Å². The van der Waals surface area contributed by atoms with Crippen molar-refractivity contribution in [3.8, 4) is 0 Å². The summed E-state index contributed by atoms with van der Waals surface area (Å²) in [4.78, 5) is 41.8. The second-order valence-electron chi connectivity index (χ2n) is 8.09. The van der Waals surface area contributed by atoms with Gasteiger partial charge < -0.3 is 41.7 Å². The largest absolute Gasteiger partial charge is 1.00 e. The van der Waals surface area contributed by atoms with E-state index in [1.54, 1.807) is 0 Å². The molecule has 13 heteroatoms. The van der Waals surface area contributed by atoms with Gasteiger partial charge in [-0.05, 0) is 25.7 Å². The summed E-state index contributed by atoms with van der Waals surface area (Å²) >= 11 is 0. The summed E-state index contributed by atoms with van der Waals surface area (Å²) in [6.45, 7) is -0.294. The summed E-state index contributed by atoms with van der Waals surface area (Å²) in [5.41, 5.74) is 0. The van der Waals surface area contributed by atoms with E-state index < -0.39 is 23.9 Å². The molecule has 0 heterocycles. The molecule has 2 aliphatic carbocycles. The third-order valence-electron chi connectivity index (χ3n) is 5.59. The van der Waals surface area contributed by atoms with Crippen molar-refractivity contribution in [2.45, 2.75) is 75.5 Å². The van der Waals surface area contributed by atoms with Crippen LogP contribution in [0.25, 0.3) is 0 Å². The standard InChI is InChI=1S/2C10H18N2O4.Mn/c2*13-9(14)5-11-7-3-1-2-4-8(7)12-6-10(15)16;/h2*7-8,11-12H,1-6H2,(H,13,14)(H,15,16);/p+2. The molecule has 0 aromatic rings. The smallest absolute Gasteiger partial charge is 0.480 e. The molecule has 0 aliphatic heterocycles. The Balaban J connectivity index is -0.000000539. The SMILES string of the molecule is O=C(O)CNC1CCCCC1NCC(=O)O.O=C(O)CNC1CCCCC1NCC(=O)O.[H+].[H+].[Mn]. The van der Waals surface area contributed by atoms with Crippen LogP contribution in [0.2, 0.25) is 0 Å². The first kappa shape index (κ1) is 31.2. The molecular weight excluding hydrogens is 479 g/mol. The summed E-state index contributed by atoms with van der Waals surface area (Å²) in [6, 6.07) is 0.238. The van der Waals surface area contributed by atoms with E-state index in [0.717, 1.165) is 51.4 Å². The minimum Gasteiger partial charge on any atom is -0.480 e. The van der Waals surface area contributed by atoms with Crippen molar-refractivity contribution in [2.24, 2.45) is 0 Å². The van der Waals surface area contributed by atoms with E-state index in [-0.39, 0.29) is 70.3 Å². The first-order valence-electron chi connectivity index (χ1n) is 11.0. The Kier molecular flexibility index (Phi) is 16.7. The van der Waals surface area contributed by atoms with Gasteiger partial charge >= 0.3 is 26.7 Å². The molecule has 4 unspecified atom stereocenters. The number of carbonyl (C=O) groups is 4. The molecule has 2 saturated carbocycles. The van der Waals surface area contributed by atoms with Crippen LogP contribution >= 0.6 is 0 Å². The van der Waals surface area contributed by atoms with Crippen LogP contribution < -0.4 is 21.3 Å². The van der Waals surface area contributed by atoms with Crippen molar-refractivity contribution in [3.63, 3.8) is 0 Å². The van der Waals surface area contributed by atoms with E-state index in [9.17, 15) is 19.2 Å². The number of nitrogens with one attached hydrogen (secondary N) is 4. The Labute approximate surface area is 206 Å². The van der Waals surface area contributed by atoms with Gasteiger partial charge in [0.25, 0.3) is 0 Å². The number of hydrogen-bond acceptors (Lipinski definition) is 8. The van der Waals surface area contributed by atoms with E-state index in [0.29, 0.717) is 0 Å². The van der Waals surface area contributed by atoms with E-state index in [4.69, 9.17) is 20.4 Å². The van der Waals surface area contributed by atoms with Gasteiger partial charge in [-0.25, -0.2) is 0 Å². The first-order valence-corrected chi connectivity index (χ1v) is 11.0. The number of aliphatic carboxylic acids is 4. The summed E-state index contributed by atoms with van der Waals surface area (Å²) in [6.07, 6.45) is 7.81. The summed E-state index contributed by atoms with van der Waals surface area (Å²) in [5, 5.41) is 46.0. The average Bonchev–Trinajstić information content (AvgIpc) is 2.74. The van der Waals surface area contributed by atoms with Gasteiger partial charge in [0.15, 0.2) is 0 Å². The number of carboxylic acids is 4. The molecule has 0 bridgehead atoms. The van der Waals surface area contributed by atoms with Gasteiger partial charge in [-0.15, -0.1) is 0 Å². The molecule has 0 amide bonds. The van der Waals surface area contributed by atoms with Gasteiger partial charge in [-0.2, -0.15) is 0 Å². The maximum absolute atomic E-state index is 10.4. The number of hydrogen-bond donors (Lipinski definition) is 8. The first-order chi connectivity index (χ1) is 15.2. The van der Waals surface area contributed by atoms with Crippen molar-refractivity contribution in [1.29, 1.82) is 0 Å². The predicted octanol–water partition coefficient (Wildman–Crippen LogP) is -0.485. The van der Waals surface area contributed by atoms with E-state index >= 15 is 0 Å². The average molecular weight is 517 g/mol. The number of rotatable bonds is 12. The Morgan fingerprint density at radius 3 is 0.848 bits per heavy atom. The molecule has 2 aliphatic rings. The predicted molar refractivity (Wildman–Crippen MR) is 117 cm³/mol. The molecule has 191 valence electrons. The summed E-state index contributed by atoms with van der Waals surface area (Å²) in [5.74, 6) is -3.55. The summed E-state index contributed by atoms with van der Waals surface area (Å²) < 4.78 is 0. The second-order valence-corrected chi connectivity index (χ2v) is 8.09. The molecule has 12 nitrogen and oxygen atoms in total. The maximum Gasteiger partial charge on any atom is 1.00 e. The zero-order chi connectivity index (χ0) is 23.9. The van der Waals surface area contributed by atoms with E-state index in [2.05, 4.69) is 21.3 Å². The van der Waals surface area contributed by atoms with Crippen molar-refractivity contribution in [1.82, 2.24) is 21.3 Å². The molecule has 0 aromatic carbocycles. The fourth-order valence-corrected chi connectivity index (χ4v) is 4.11. The summed E-state index contributed by atoms with van der Waals surface area (Å²) in [7, 11) is 0. The monoisotopic (exact) mass is 517 g/mol. The Morgan fingerprint density at radius 1 is 0.515 bits per heavy atom. The maximum atomic E-state index is 10.4. The van der Waals surface area contributed by atoms with Crippen molar-refractivity contribution in [3.05, 3.63) is 0 Å². The molecule has 4 atom stereocenters. The Bertz CT molecular complexity index is 532. The van der Waals surface area contributed by atoms with Gasteiger partial charge in [0.05, 0.1) is 26.2 Å². The minimum atomic E-state index is -0.887. The minimum absolute atomic E-state index is 0. The van der Waals surface area contributed by atoms with Gasteiger partial charge in [0.1, 0.15) is 0 Å². The normalized spacial score (nSPS) is 24.5. The van der Waals surface area contributed by atoms with Gasteiger partial charge in [-0.3, -0.25) is 19.2 Å². The fourth-order valence-electron chi connectivity index (χ4n) is 4.11. The molecule has 0 saturated heterocycles. The van der Waals surface area contributed by atoms with Gasteiger partial charge in [0, 0.05) is 41.2 Å². The molecule has 2 rings (SSSR count). The fraction of sp³-hybridized carbons (Fsp3) is 0.800. The van der Waals surface area contributed by atoms with Gasteiger partial charge in [-0.1, -0.05) is 25.7 Å². The van der Waals surface area contributed by atoms with E-state index in [1.165, 1.54) is 0 Å². The van der Waals surface area contributed by atoms with Crippen LogP contribution in [-0.4, -0.2) is 94.6 Å². The van der Waals surface area contributed by atoms with Crippen LogP contribution in [0.3, 0.4) is 0 Å². The van der Waals surface area contributed by atoms with Crippen molar-refractivity contribution < 1.29 is 59.5 Å². The molecule has 33 heavy (non-hydrogen) atoms. The van der Waals surface area contributed by atoms with Crippen LogP contribution in [0, 0.1) is 0 Å². The zero-order valence-electron chi connectivity index (χ0n) is 20.6. The van der Waals surface area contributed by atoms with Crippen LogP contribution in [-0.2, 0) is 36.2 Å². The molecule has 0 aromatic heterocycles. The Hall–Kier alpha value is -1.76. The van der Waals surface area contributed by atoms with Crippen molar-refractivity contribution >= 4 is 23.9 Å². The van der Waals surface area contributed by atoms with Crippen LogP contribution in [0.5, 0.6) is 0 Å². The molecule has 0 spiro atoms. The van der Waals surface area contributed by atoms with Crippen LogP contribution in [0.15, 0.2) is 0 Å². The third-order valence-corrected chi connectivity index (χ3v) is 5.59. The third kappa shape index (κ3) is 14.9.